The van der Waals surface area contributed by atoms with E-state index >= 15 is 0 Å². The van der Waals surface area contributed by atoms with Crippen LogP contribution < -0.4 is 16.4 Å². The molecule has 0 bridgehead atoms. The standard InChI is InChI=1S/C16H17N7O/c1-3-10-9-18-23-14(10)21-15(17)22-16(23)20-12-7-5-6-11(8-12)19-13(24)4-2/h4-9H,2-3H2,1H3,(H,19,24)(H3,17,20,21,22). The fourth-order valence-electron chi connectivity index (χ4n) is 2.27. The highest BCUT2D eigenvalue weighted by molar-refractivity contribution is 5.99. The number of fused-ring (bicyclic) bond motifs is 1. The van der Waals surface area contributed by atoms with Crippen molar-refractivity contribution in [2.24, 2.45) is 0 Å². The topological polar surface area (TPSA) is 110 Å². The second kappa shape index (κ2) is 6.37. The molecule has 0 unspecified atom stereocenters. The van der Waals surface area contributed by atoms with E-state index in [4.69, 9.17) is 5.73 Å². The number of benzene rings is 1. The van der Waals surface area contributed by atoms with Crippen LogP contribution in [0.4, 0.5) is 23.3 Å². The van der Waals surface area contributed by atoms with Crippen molar-refractivity contribution in [2.45, 2.75) is 13.3 Å². The number of anilines is 4. The molecular weight excluding hydrogens is 306 g/mol. The van der Waals surface area contributed by atoms with Crippen LogP contribution >= 0.6 is 0 Å². The van der Waals surface area contributed by atoms with Crippen LogP contribution in [-0.4, -0.2) is 25.5 Å². The van der Waals surface area contributed by atoms with Gasteiger partial charge in [0.25, 0.3) is 0 Å². The summed E-state index contributed by atoms with van der Waals surface area (Å²) >= 11 is 0. The Morgan fingerprint density at radius 1 is 1.38 bits per heavy atom. The molecule has 122 valence electrons. The molecule has 0 aliphatic heterocycles. The average molecular weight is 323 g/mol. The molecule has 1 aromatic carbocycles. The van der Waals surface area contributed by atoms with Crippen LogP contribution in [0.1, 0.15) is 12.5 Å². The molecule has 3 aromatic rings. The summed E-state index contributed by atoms with van der Waals surface area (Å²) in [5.41, 5.74) is 8.82. The largest absolute Gasteiger partial charge is 0.368 e. The zero-order chi connectivity index (χ0) is 17.1. The molecule has 4 N–H and O–H groups in total. The lowest BCUT2D eigenvalue weighted by atomic mass is 10.2. The normalized spacial score (nSPS) is 10.5. The molecule has 0 radical (unpaired) electrons. The number of nitrogens with one attached hydrogen (secondary N) is 2. The number of hydrogen-bond acceptors (Lipinski definition) is 6. The zero-order valence-electron chi connectivity index (χ0n) is 13.2. The number of nitrogen functional groups attached to an aromatic ring is 1. The van der Waals surface area contributed by atoms with Gasteiger partial charge >= 0.3 is 0 Å². The SMILES string of the molecule is C=CC(=O)Nc1cccc(Nc2nc(N)nc3c(CC)cnn23)c1. The Morgan fingerprint density at radius 2 is 2.17 bits per heavy atom. The van der Waals surface area contributed by atoms with E-state index in [0.717, 1.165) is 17.7 Å². The summed E-state index contributed by atoms with van der Waals surface area (Å²) in [6.45, 7) is 5.45. The van der Waals surface area contributed by atoms with Gasteiger partial charge in [0.1, 0.15) is 0 Å². The van der Waals surface area contributed by atoms with Gasteiger partial charge in [-0.25, -0.2) is 0 Å². The Balaban J connectivity index is 1.95. The van der Waals surface area contributed by atoms with E-state index in [-0.39, 0.29) is 11.9 Å². The highest BCUT2D eigenvalue weighted by Crippen LogP contribution is 2.21. The fourth-order valence-corrected chi connectivity index (χ4v) is 2.27. The minimum Gasteiger partial charge on any atom is -0.368 e. The number of nitrogens with zero attached hydrogens (tertiary/aromatic N) is 4. The second-order valence-electron chi connectivity index (χ2n) is 5.06. The minimum absolute atomic E-state index is 0.163. The van der Waals surface area contributed by atoms with Gasteiger partial charge < -0.3 is 16.4 Å². The van der Waals surface area contributed by atoms with Crippen molar-refractivity contribution in [3.63, 3.8) is 0 Å². The van der Waals surface area contributed by atoms with Gasteiger partial charge in [-0.2, -0.15) is 19.6 Å². The first-order chi connectivity index (χ1) is 11.6. The number of amides is 1. The molecule has 0 fully saturated rings. The first-order valence-corrected chi connectivity index (χ1v) is 7.41. The van der Waals surface area contributed by atoms with Crippen LogP contribution in [0.5, 0.6) is 0 Å². The summed E-state index contributed by atoms with van der Waals surface area (Å²) in [4.78, 5) is 19.8. The summed E-state index contributed by atoms with van der Waals surface area (Å²) in [7, 11) is 0. The van der Waals surface area contributed by atoms with E-state index in [2.05, 4.69) is 32.3 Å². The fraction of sp³-hybridized carbons (Fsp3) is 0.125. The Bertz CT molecular complexity index is 916. The average Bonchev–Trinajstić information content (AvgIpc) is 2.98. The van der Waals surface area contributed by atoms with Crippen LogP contribution in [0, 0.1) is 0 Å². The molecule has 0 spiro atoms. The number of rotatable bonds is 5. The highest BCUT2D eigenvalue weighted by Gasteiger charge is 2.11. The molecule has 0 atom stereocenters. The molecule has 8 heteroatoms. The van der Waals surface area contributed by atoms with Crippen LogP contribution in [0.25, 0.3) is 5.65 Å². The van der Waals surface area contributed by atoms with Gasteiger partial charge in [0.05, 0.1) is 6.20 Å². The second-order valence-corrected chi connectivity index (χ2v) is 5.06. The van der Waals surface area contributed by atoms with Gasteiger partial charge in [0.2, 0.25) is 17.8 Å². The van der Waals surface area contributed by atoms with Gasteiger partial charge in [-0.05, 0) is 30.7 Å². The molecule has 3 rings (SSSR count). The maximum Gasteiger partial charge on any atom is 0.247 e. The molecule has 0 aliphatic rings. The van der Waals surface area contributed by atoms with Gasteiger partial charge in [0, 0.05) is 16.9 Å². The lowest BCUT2D eigenvalue weighted by molar-refractivity contribution is -0.111. The van der Waals surface area contributed by atoms with Crippen LogP contribution in [0.15, 0.2) is 43.1 Å². The van der Waals surface area contributed by atoms with E-state index in [1.165, 1.54) is 6.08 Å². The summed E-state index contributed by atoms with van der Waals surface area (Å²) in [5.74, 6) is 0.334. The van der Waals surface area contributed by atoms with Crippen molar-refractivity contribution < 1.29 is 4.79 Å². The number of carbonyl (C=O) groups is 1. The number of aromatic nitrogens is 4. The molecule has 2 aromatic heterocycles. The number of nitrogens with two attached hydrogens (primary N) is 1. The lowest BCUT2D eigenvalue weighted by Crippen LogP contribution is -2.09. The predicted molar refractivity (Wildman–Crippen MR) is 93.1 cm³/mol. The third-order valence-corrected chi connectivity index (χ3v) is 3.41. The quantitative estimate of drug-likeness (QED) is 0.620. The Morgan fingerprint density at radius 3 is 2.92 bits per heavy atom. The molecule has 0 saturated heterocycles. The van der Waals surface area contributed by atoms with E-state index in [0.29, 0.717) is 17.3 Å². The van der Waals surface area contributed by atoms with Crippen molar-refractivity contribution >= 4 is 34.8 Å². The number of carbonyl (C=O) groups excluding carboxylic acids is 1. The Hall–Kier alpha value is -3.42. The van der Waals surface area contributed by atoms with Crippen LogP contribution in [-0.2, 0) is 11.2 Å². The van der Waals surface area contributed by atoms with Crippen LogP contribution in [0.2, 0.25) is 0 Å². The molecular formula is C16H17N7O. The highest BCUT2D eigenvalue weighted by atomic mass is 16.1. The van der Waals surface area contributed by atoms with Gasteiger partial charge in [-0.1, -0.05) is 19.6 Å². The predicted octanol–water partition coefficient (Wildman–Crippen LogP) is 2.14. The van der Waals surface area contributed by atoms with Crippen molar-refractivity contribution in [1.82, 2.24) is 19.6 Å². The number of hydrogen-bond donors (Lipinski definition) is 3. The third-order valence-electron chi connectivity index (χ3n) is 3.41. The molecule has 2 heterocycles. The van der Waals surface area contributed by atoms with Crippen molar-refractivity contribution in [3.05, 3.63) is 48.7 Å². The minimum atomic E-state index is -0.277. The van der Waals surface area contributed by atoms with Crippen molar-refractivity contribution in [2.75, 3.05) is 16.4 Å². The Kier molecular flexibility index (Phi) is 4.11. The molecule has 24 heavy (non-hydrogen) atoms. The van der Waals surface area contributed by atoms with Gasteiger partial charge in [0.15, 0.2) is 5.65 Å². The van der Waals surface area contributed by atoms with Gasteiger partial charge in [-0.3, -0.25) is 4.79 Å². The number of aryl methyl sites for hydroxylation is 1. The van der Waals surface area contributed by atoms with Gasteiger partial charge in [-0.15, -0.1) is 0 Å². The monoisotopic (exact) mass is 323 g/mol. The van der Waals surface area contributed by atoms with Crippen molar-refractivity contribution in [1.29, 1.82) is 0 Å². The van der Waals surface area contributed by atoms with E-state index in [9.17, 15) is 4.79 Å². The third kappa shape index (κ3) is 3.02. The summed E-state index contributed by atoms with van der Waals surface area (Å²) < 4.78 is 1.60. The van der Waals surface area contributed by atoms with E-state index in [1.54, 1.807) is 22.8 Å². The first-order valence-electron chi connectivity index (χ1n) is 7.41. The van der Waals surface area contributed by atoms with E-state index in [1.807, 2.05) is 19.1 Å². The molecule has 8 nitrogen and oxygen atoms in total. The summed E-state index contributed by atoms with van der Waals surface area (Å²) in [6.07, 6.45) is 3.75. The maximum absolute atomic E-state index is 11.4. The molecule has 0 aliphatic carbocycles. The maximum atomic E-state index is 11.4. The molecule has 1 amide bonds. The zero-order valence-corrected chi connectivity index (χ0v) is 13.2. The molecule has 0 saturated carbocycles. The summed E-state index contributed by atoms with van der Waals surface area (Å²) in [5, 5.41) is 10.2. The Labute approximate surface area is 138 Å². The van der Waals surface area contributed by atoms with Crippen LogP contribution in [0.3, 0.4) is 0 Å². The van der Waals surface area contributed by atoms with Crippen molar-refractivity contribution in [3.8, 4) is 0 Å². The lowest BCUT2D eigenvalue weighted by Gasteiger charge is -2.10. The summed E-state index contributed by atoms with van der Waals surface area (Å²) in [6, 6.07) is 7.21. The van der Waals surface area contributed by atoms with E-state index < -0.39 is 0 Å². The first kappa shape index (κ1) is 15.5. The smallest absolute Gasteiger partial charge is 0.247 e.